The number of anilines is 2. The summed E-state index contributed by atoms with van der Waals surface area (Å²) in [5.74, 6) is 0. The summed E-state index contributed by atoms with van der Waals surface area (Å²) in [7, 11) is 0. The highest BCUT2D eigenvalue weighted by atomic mass is 15.2. The minimum absolute atomic E-state index is 0.565. The number of rotatable bonds is 4. The van der Waals surface area contributed by atoms with Gasteiger partial charge in [-0.15, -0.1) is 0 Å². The first-order valence-corrected chi connectivity index (χ1v) is 7.50. The summed E-state index contributed by atoms with van der Waals surface area (Å²) in [6.45, 7) is 13.2. The van der Waals surface area contributed by atoms with Crippen molar-refractivity contribution in [3.05, 3.63) is 24.3 Å². The van der Waals surface area contributed by atoms with Crippen LogP contribution < -0.4 is 15.1 Å². The molecule has 1 saturated heterocycles. The van der Waals surface area contributed by atoms with E-state index in [-0.39, 0.29) is 0 Å². The van der Waals surface area contributed by atoms with Gasteiger partial charge in [0.15, 0.2) is 0 Å². The molecule has 106 valence electrons. The van der Waals surface area contributed by atoms with Gasteiger partial charge in [-0.05, 0) is 52.0 Å². The van der Waals surface area contributed by atoms with Crippen LogP contribution in [0.4, 0.5) is 11.4 Å². The fourth-order valence-corrected chi connectivity index (χ4v) is 2.83. The molecule has 1 fully saturated rings. The van der Waals surface area contributed by atoms with Gasteiger partial charge in [0, 0.05) is 49.6 Å². The zero-order chi connectivity index (χ0) is 13.8. The van der Waals surface area contributed by atoms with Crippen LogP contribution in [0.5, 0.6) is 0 Å². The first kappa shape index (κ1) is 14.2. The molecule has 2 rings (SSSR count). The van der Waals surface area contributed by atoms with E-state index in [1.54, 1.807) is 0 Å². The second-order valence-corrected chi connectivity index (χ2v) is 5.50. The van der Waals surface area contributed by atoms with Gasteiger partial charge < -0.3 is 15.1 Å². The number of benzene rings is 1. The van der Waals surface area contributed by atoms with Crippen LogP contribution in [0.1, 0.15) is 27.7 Å². The Morgan fingerprint density at radius 3 is 2.37 bits per heavy atom. The Balaban J connectivity index is 2.13. The summed E-state index contributed by atoms with van der Waals surface area (Å²) in [4.78, 5) is 4.89. The van der Waals surface area contributed by atoms with Gasteiger partial charge in [-0.2, -0.15) is 0 Å². The van der Waals surface area contributed by atoms with Crippen molar-refractivity contribution in [2.45, 2.75) is 39.8 Å². The molecule has 1 N–H and O–H groups in total. The number of piperazine rings is 1. The van der Waals surface area contributed by atoms with Crippen molar-refractivity contribution >= 4 is 11.4 Å². The lowest BCUT2D eigenvalue weighted by Gasteiger charge is -2.39. The van der Waals surface area contributed by atoms with Crippen LogP contribution >= 0.6 is 0 Å². The first-order chi connectivity index (χ1) is 9.15. The summed E-state index contributed by atoms with van der Waals surface area (Å²) >= 11 is 0. The smallest absolute Gasteiger partial charge is 0.0387 e. The molecule has 1 aliphatic heterocycles. The first-order valence-electron chi connectivity index (χ1n) is 7.50. The van der Waals surface area contributed by atoms with Crippen molar-refractivity contribution in [1.29, 1.82) is 0 Å². The van der Waals surface area contributed by atoms with E-state index in [0.29, 0.717) is 12.1 Å². The van der Waals surface area contributed by atoms with Crippen LogP contribution in [-0.4, -0.2) is 38.3 Å². The van der Waals surface area contributed by atoms with E-state index in [1.807, 2.05) is 0 Å². The highest BCUT2D eigenvalue weighted by Gasteiger charge is 2.22. The van der Waals surface area contributed by atoms with Crippen molar-refractivity contribution in [3.63, 3.8) is 0 Å². The SMILES string of the molecule is CCN(CC)c1ccc(N2CC(C)NCC2C)cc1. The van der Waals surface area contributed by atoms with Gasteiger partial charge in [-0.3, -0.25) is 0 Å². The molecule has 3 nitrogen and oxygen atoms in total. The normalized spacial score (nSPS) is 23.5. The molecule has 0 bridgehead atoms. The van der Waals surface area contributed by atoms with Crippen LogP contribution in [0.2, 0.25) is 0 Å². The monoisotopic (exact) mass is 261 g/mol. The average molecular weight is 261 g/mol. The molecule has 1 aliphatic rings. The van der Waals surface area contributed by atoms with E-state index in [4.69, 9.17) is 0 Å². The van der Waals surface area contributed by atoms with E-state index in [1.165, 1.54) is 11.4 Å². The Hall–Kier alpha value is -1.22. The fourth-order valence-electron chi connectivity index (χ4n) is 2.83. The van der Waals surface area contributed by atoms with Gasteiger partial charge in [0.25, 0.3) is 0 Å². The zero-order valence-corrected chi connectivity index (χ0v) is 12.7. The maximum absolute atomic E-state index is 3.53. The predicted octanol–water partition coefficient (Wildman–Crippen LogP) is 2.72. The van der Waals surface area contributed by atoms with E-state index >= 15 is 0 Å². The summed E-state index contributed by atoms with van der Waals surface area (Å²) in [5, 5.41) is 3.53. The topological polar surface area (TPSA) is 18.5 Å². The van der Waals surface area contributed by atoms with Gasteiger partial charge in [0.05, 0.1) is 0 Å². The Bertz CT molecular complexity index is 383. The lowest BCUT2D eigenvalue weighted by Crippen LogP contribution is -2.54. The number of hydrogen-bond donors (Lipinski definition) is 1. The number of nitrogens with one attached hydrogen (secondary N) is 1. The van der Waals surface area contributed by atoms with Crippen LogP contribution in [0.3, 0.4) is 0 Å². The molecule has 1 heterocycles. The minimum atomic E-state index is 0.565. The molecule has 0 amide bonds. The largest absolute Gasteiger partial charge is 0.372 e. The molecular formula is C16H27N3. The Morgan fingerprint density at radius 1 is 1.16 bits per heavy atom. The quantitative estimate of drug-likeness (QED) is 0.899. The molecule has 3 heteroatoms. The Labute approximate surface area is 117 Å². The Kier molecular flexibility index (Phi) is 4.70. The van der Waals surface area contributed by atoms with E-state index < -0.39 is 0 Å². The van der Waals surface area contributed by atoms with Crippen LogP contribution in [0.25, 0.3) is 0 Å². The molecule has 0 spiro atoms. The second kappa shape index (κ2) is 6.29. The second-order valence-electron chi connectivity index (χ2n) is 5.50. The van der Waals surface area contributed by atoms with Crippen molar-refractivity contribution in [1.82, 2.24) is 5.32 Å². The Morgan fingerprint density at radius 2 is 1.79 bits per heavy atom. The molecule has 0 radical (unpaired) electrons. The van der Waals surface area contributed by atoms with Crippen LogP contribution in [0.15, 0.2) is 24.3 Å². The van der Waals surface area contributed by atoms with Crippen LogP contribution in [-0.2, 0) is 0 Å². The molecule has 0 aromatic heterocycles. The molecule has 2 atom stereocenters. The third-order valence-electron chi connectivity index (χ3n) is 4.07. The van der Waals surface area contributed by atoms with Crippen molar-refractivity contribution in [2.75, 3.05) is 36.0 Å². The average Bonchev–Trinajstić information content (AvgIpc) is 2.44. The summed E-state index contributed by atoms with van der Waals surface area (Å²) < 4.78 is 0. The lowest BCUT2D eigenvalue weighted by atomic mass is 10.1. The highest BCUT2D eigenvalue weighted by Crippen LogP contribution is 2.23. The highest BCUT2D eigenvalue weighted by molar-refractivity contribution is 5.57. The standard InChI is InChI=1S/C16H27N3/c1-5-18(6-2)15-7-9-16(10-8-15)19-12-13(3)17-11-14(19)4/h7-10,13-14,17H,5-6,11-12H2,1-4H3. The lowest BCUT2D eigenvalue weighted by molar-refractivity contribution is 0.425. The molecule has 0 aliphatic carbocycles. The van der Waals surface area contributed by atoms with E-state index in [0.717, 1.165) is 26.2 Å². The van der Waals surface area contributed by atoms with Gasteiger partial charge in [0.2, 0.25) is 0 Å². The summed E-state index contributed by atoms with van der Waals surface area (Å²) in [6.07, 6.45) is 0. The van der Waals surface area contributed by atoms with Gasteiger partial charge in [-0.1, -0.05) is 0 Å². The third-order valence-corrected chi connectivity index (χ3v) is 4.07. The van der Waals surface area contributed by atoms with E-state index in [9.17, 15) is 0 Å². The predicted molar refractivity (Wildman–Crippen MR) is 84.3 cm³/mol. The fraction of sp³-hybridized carbons (Fsp3) is 0.625. The molecule has 1 aromatic rings. The minimum Gasteiger partial charge on any atom is -0.372 e. The summed E-state index contributed by atoms with van der Waals surface area (Å²) in [5.41, 5.74) is 2.67. The molecule has 1 aromatic carbocycles. The maximum Gasteiger partial charge on any atom is 0.0387 e. The van der Waals surface area contributed by atoms with Crippen LogP contribution in [0, 0.1) is 0 Å². The third kappa shape index (κ3) is 3.21. The summed E-state index contributed by atoms with van der Waals surface area (Å²) in [6, 6.07) is 10.2. The maximum atomic E-state index is 3.53. The van der Waals surface area contributed by atoms with Crippen molar-refractivity contribution in [2.24, 2.45) is 0 Å². The zero-order valence-electron chi connectivity index (χ0n) is 12.7. The number of nitrogens with zero attached hydrogens (tertiary/aromatic N) is 2. The molecule has 19 heavy (non-hydrogen) atoms. The van der Waals surface area contributed by atoms with Gasteiger partial charge >= 0.3 is 0 Å². The van der Waals surface area contributed by atoms with Gasteiger partial charge in [-0.25, -0.2) is 0 Å². The van der Waals surface area contributed by atoms with Crippen molar-refractivity contribution in [3.8, 4) is 0 Å². The molecule has 0 saturated carbocycles. The molecule has 2 unspecified atom stereocenters. The number of hydrogen-bond acceptors (Lipinski definition) is 3. The van der Waals surface area contributed by atoms with E-state index in [2.05, 4.69) is 67.1 Å². The molecular weight excluding hydrogens is 234 g/mol. The van der Waals surface area contributed by atoms with Gasteiger partial charge in [0.1, 0.15) is 0 Å². The van der Waals surface area contributed by atoms with Crippen molar-refractivity contribution < 1.29 is 0 Å².